The van der Waals surface area contributed by atoms with Gasteiger partial charge in [0.25, 0.3) is 0 Å². The number of alkyl carbamates (subject to hydrolysis) is 1. The molecule has 0 radical (unpaired) electrons. The van der Waals surface area contributed by atoms with Crippen molar-refractivity contribution in [3.63, 3.8) is 0 Å². The molecule has 3 aromatic carbocycles. The van der Waals surface area contributed by atoms with Crippen LogP contribution in [0.3, 0.4) is 0 Å². The molecule has 14 heteroatoms. The average Bonchev–Trinajstić information content (AvgIpc) is 3.18. The normalized spacial score (nSPS) is 14.4. The number of nitrogens with one attached hydrogen (secondary N) is 3. The zero-order chi connectivity index (χ0) is 44.4. The summed E-state index contributed by atoms with van der Waals surface area (Å²) in [6.45, 7) is 10.8. The van der Waals surface area contributed by atoms with Gasteiger partial charge in [-0.1, -0.05) is 86.6 Å². The third kappa shape index (κ3) is 17.0. The van der Waals surface area contributed by atoms with Crippen LogP contribution in [0.1, 0.15) is 77.5 Å². The minimum absolute atomic E-state index is 0.0542. The van der Waals surface area contributed by atoms with Gasteiger partial charge in [-0.25, -0.2) is 4.79 Å². The fourth-order valence-electron chi connectivity index (χ4n) is 6.67. The topological polar surface area (TPSA) is 193 Å². The molecule has 14 nitrogen and oxygen atoms in total. The van der Waals surface area contributed by atoms with E-state index in [1.54, 1.807) is 59.1 Å². The lowest BCUT2D eigenvalue weighted by Gasteiger charge is -2.33. The summed E-state index contributed by atoms with van der Waals surface area (Å²) in [5, 5.41) is 31.0. The van der Waals surface area contributed by atoms with E-state index in [1.165, 1.54) is 11.9 Å². The number of carbonyl (C=O) groups is 5. The van der Waals surface area contributed by atoms with E-state index in [9.17, 15) is 34.2 Å². The van der Waals surface area contributed by atoms with E-state index < -0.39 is 78.2 Å². The molecule has 0 saturated heterocycles. The Bertz CT molecular complexity index is 1800. The van der Waals surface area contributed by atoms with Crippen molar-refractivity contribution in [3.05, 3.63) is 102 Å². The quantitative estimate of drug-likeness (QED) is 0.0900. The second kappa shape index (κ2) is 24.0. The summed E-state index contributed by atoms with van der Waals surface area (Å²) in [5.74, 6) is -1.68. The van der Waals surface area contributed by atoms with Crippen molar-refractivity contribution in [2.75, 3.05) is 20.8 Å². The van der Waals surface area contributed by atoms with Crippen molar-refractivity contribution in [1.82, 2.24) is 20.9 Å². The summed E-state index contributed by atoms with van der Waals surface area (Å²) in [6, 6.07) is 21.2. The minimum Gasteiger partial charge on any atom is -0.497 e. The summed E-state index contributed by atoms with van der Waals surface area (Å²) in [7, 11) is 3.03. The highest BCUT2D eigenvalue weighted by Crippen LogP contribution is 2.19. The summed E-state index contributed by atoms with van der Waals surface area (Å²) in [4.78, 5) is 69.1. The highest BCUT2D eigenvalue weighted by molar-refractivity contribution is 5.92. The smallest absolute Gasteiger partial charge is 0.408 e. The van der Waals surface area contributed by atoms with Crippen LogP contribution in [0.2, 0.25) is 0 Å². The molecule has 3 aromatic rings. The van der Waals surface area contributed by atoms with Crippen LogP contribution in [0, 0.1) is 5.92 Å². The molecule has 0 aromatic heterocycles. The monoisotopic (exact) mass is 832 g/mol. The van der Waals surface area contributed by atoms with Crippen molar-refractivity contribution < 1.29 is 48.4 Å². The van der Waals surface area contributed by atoms with Gasteiger partial charge in [0.1, 0.15) is 23.4 Å². The number of nitrogens with zero attached hydrogens (tertiary/aromatic N) is 1. The third-order valence-electron chi connectivity index (χ3n) is 9.68. The summed E-state index contributed by atoms with van der Waals surface area (Å²) in [5.41, 5.74) is 1.40. The van der Waals surface area contributed by atoms with E-state index in [0.29, 0.717) is 12.2 Å². The lowest BCUT2D eigenvalue weighted by molar-refractivity contribution is -0.146. The molecule has 0 aliphatic heterocycles. The zero-order valence-electron chi connectivity index (χ0n) is 36.2. The average molecular weight is 833 g/mol. The molecule has 0 saturated carbocycles. The number of esters is 1. The zero-order valence-corrected chi connectivity index (χ0v) is 36.2. The fourth-order valence-corrected chi connectivity index (χ4v) is 6.67. The fraction of sp³-hybridized carbons (Fsp3) is 0.500. The Hall–Kier alpha value is -5.47. The predicted molar refractivity (Wildman–Crippen MR) is 228 cm³/mol. The van der Waals surface area contributed by atoms with Crippen molar-refractivity contribution in [2.45, 2.75) is 122 Å². The van der Waals surface area contributed by atoms with E-state index in [2.05, 4.69) is 16.0 Å². The SMILES string of the molecule is CCOC(=O)C[C@H](O)[C@H](CC(C)C)NC(=O)C[C@H](O)[C@H](Cc1ccccc1)NC(=O)[C@H](Cc1ccccc1)N(C)C(=O)[C@H](Cc1ccc(OC)cc1)NC(=O)OC(C)(C)C. The second-order valence-corrected chi connectivity index (χ2v) is 16.4. The first-order chi connectivity index (χ1) is 28.4. The van der Waals surface area contributed by atoms with Crippen LogP contribution < -0.4 is 20.7 Å². The minimum atomic E-state index is -1.41. The molecular formula is C46H64N4O10. The summed E-state index contributed by atoms with van der Waals surface area (Å²) >= 11 is 0. The molecule has 328 valence electrons. The molecule has 0 spiro atoms. The van der Waals surface area contributed by atoms with E-state index in [4.69, 9.17) is 14.2 Å². The van der Waals surface area contributed by atoms with Crippen LogP contribution in [-0.2, 0) is 47.9 Å². The van der Waals surface area contributed by atoms with Gasteiger partial charge >= 0.3 is 12.1 Å². The Labute approximate surface area is 354 Å². The van der Waals surface area contributed by atoms with Crippen LogP contribution in [0.25, 0.3) is 0 Å². The van der Waals surface area contributed by atoms with Crippen molar-refractivity contribution >= 4 is 29.8 Å². The first-order valence-electron chi connectivity index (χ1n) is 20.5. The number of amides is 4. The molecule has 0 heterocycles. The number of hydrogen-bond acceptors (Lipinski definition) is 10. The van der Waals surface area contributed by atoms with Gasteiger partial charge in [0.05, 0.1) is 50.8 Å². The molecule has 5 N–H and O–H groups in total. The van der Waals surface area contributed by atoms with Gasteiger partial charge in [0.15, 0.2) is 0 Å². The molecule has 60 heavy (non-hydrogen) atoms. The number of rotatable bonds is 22. The highest BCUT2D eigenvalue weighted by Gasteiger charge is 2.36. The Morgan fingerprint density at radius 1 is 0.717 bits per heavy atom. The Morgan fingerprint density at radius 3 is 1.80 bits per heavy atom. The van der Waals surface area contributed by atoms with E-state index in [-0.39, 0.29) is 38.2 Å². The van der Waals surface area contributed by atoms with E-state index >= 15 is 0 Å². The van der Waals surface area contributed by atoms with Gasteiger partial charge in [-0.3, -0.25) is 19.2 Å². The number of aliphatic hydroxyl groups excluding tert-OH is 2. The number of carbonyl (C=O) groups excluding carboxylic acids is 5. The predicted octanol–water partition coefficient (Wildman–Crippen LogP) is 4.52. The Morgan fingerprint density at radius 2 is 1.27 bits per heavy atom. The van der Waals surface area contributed by atoms with Gasteiger partial charge in [-0.05, 0) is 75.3 Å². The molecule has 3 rings (SSSR count). The maximum atomic E-state index is 14.6. The van der Waals surface area contributed by atoms with Gasteiger partial charge in [-0.15, -0.1) is 0 Å². The lowest BCUT2D eigenvalue weighted by Crippen LogP contribution is -2.58. The first-order valence-corrected chi connectivity index (χ1v) is 20.5. The third-order valence-corrected chi connectivity index (χ3v) is 9.68. The number of likely N-dealkylation sites (N-methyl/N-ethyl adjacent to an activating group) is 1. The van der Waals surface area contributed by atoms with Crippen molar-refractivity contribution in [1.29, 1.82) is 0 Å². The maximum Gasteiger partial charge on any atom is 0.408 e. The largest absolute Gasteiger partial charge is 0.497 e. The lowest BCUT2D eigenvalue weighted by atomic mass is 9.95. The molecule has 0 aliphatic rings. The number of hydrogen-bond donors (Lipinski definition) is 5. The molecule has 4 amide bonds. The summed E-state index contributed by atoms with van der Waals surface area (Å²) in [6.07, 6.45) is -3.55. The molecular weight excluding hydrogens is 769 g/mol. The molecule has 0 aliphatic carbocycles. The van der Waals surface area contributed by atoms with Gasteiger partial charge < -0.3 is 45.3 Å². The van der Waals surface area contributed by atoms with Crippen LogP contribution in [0.15, 0.2) is 84.9 Å². The van der Waals surface area contributed by atoms with Crippen LogP contribution in [0.4, 0.5) is 4.79 Å². The number of aliphatic hydroxyl groups is 2. The first kappa shape index (κ1) is 48.9. The van der Waals surface area contributed by atoms with Crippen LogP contribution in [-0.4, -0.2) is 108 Å². The molecule has 0 bridgehead atoms. The highest BCUT2D eigenvalue weighted by atomic mass is 16.6. The number of ether oxygens (including phenoxy) is 3. The molecule has 6 atom stereocenters. The van der Waals surface area contributed by atoms with Crippen molar-refractivity contribution in [3.8, 4) is 5.75 Å². The van der Waals surface area contributed by atoms with Crippen LogP contribution >= 0.6 is 0 Å². The Balaban J connectivity index is 1.94. The van der Waals surface area contributed by atoms with Gasteiger partial charge in [0.2, 0.25) is 17.7 Å². The van der Waals surface area contributed by atoms with E-state index in [1.807, 2.05) is 74.5 Å². The Kier molecular flexibility index (Phi) is 19.5. The number of methoxy groups -OCH3 is 1. The van der Waals surface area contributed by atoms with Crippen LogP contribution in [0.5, 0.6) is 5.75 Å². The molecule has 0 unspecified atom stereocenters. The standard InChI is InChI=1S/C46H64N4O10/c1-9-59-42(54)29-40(52)35(24-30(2)3)47-41(53)28-39(51)36(25-31-16-12-10-13-17-31)48-43(55)38(27-32-18-14-11-15-19-32)50(7)44(56)37(49-45(57)60-46(4,5)6)26-33-20-22-34(58-8)23-21-33/h10-23,30,35-40,51-52H,9,24-29H2,1-8H3,(H,47,53)(H,48,55)(H,49,57)/t35-,36-,37-,38-,39-,40-/m0/s1. The maximum absolute atomic E-state index is 14.6. The molecule has 0 fully saturated rings. The van der Waals surface area contributed by atoms with Gasteiger partial charge in [0, 0.05) is 19.9 Å². The van der Waals surface area contributed by atoms with E-state index in [0.717, 1.165) is 16.7 Å². The number of benzene rings is 3. The second-order valence-electron chi connectivity index (χ2n) is 16.4. The van der Waals surface area contributed by atoms with Gasteiger partial charge in [-0.2, -0.15) is 0 Å². The summed E-state index contributed by atoms with van der Waals surface area (Å²) < 4.78 is 15.8. The van der Waals surface area contributed by atoms with Crippen molar-refractivity contribution in [2.24, 2.45) is 5.92 Å².